The Hall–Kier alpha value is -1.91. The minimum absolute atomic E-state index is 0.0987. The summed E-state index contributed by atoms with van der Waals surface area (Å²) in [5.74, 6) is 0.511. The zero-order chi connectivity index (χ0) is 15.4. The van der Waals surface area contributed by atoms with Crippen LogP contribution in [0.25, 0.3) is 0 Å². The monoisotopic (exact) mass is 289 g/mol. The first-order chi connectivity index (χ1) is 10.0. The van der Waals surface area contributed by atoms with Crippen LogP contribution in [-0.4, -0.2) is 33.4 Å². The van der Waals surface area contributed by atoms with E-state index in [0.717, 1.165) is 19.3 Å². The van der Waals surface area contributed by atoms with Gasteiger partial charge in [0.1, 0.15) is 11.4 Å². The number of hydrogen-bond acceptors (Lipinski definition) is 3. The molecular formula is C16H23N3O2. The second-order valence-electron chi connectivity index (χ2n) is 5.76. The van der Waals surface area contributed by atoms with Gasteiger partial charge in [-0.25, -0.2) is 4.98 Å². The lowest BCUT2D eigenvalue weighted by atomic mass is 10.1. The summed E-state index contributed by atoms with van der Waals surface area (Å²) in [5.41, 5.74) is -0.218. The summed E-state index contributed by atoms with van der Waals surface area (Å²) in [6.45, 7) is 6.60. The summed E-state index contributed by atoms with van der Waals surface area (Å²) in [4.78, 5) is 33.3. The fourth-order valence-electron chi connectivity index (χ4n) is 2.48. The number of H-pyrrole nitrogens is 1. The molecule has 2 heterocycles. The maximum Gasteiger partial charge on any atom is 0.263 e. The van der Waals surface area contributed by atoms with Crippen molar-refractivity contribution in [3.8, 4) is 0 Å². The SMILES string of the molecule is CCCC[C@H]1C=CCN1C(=O)c1cnc(C(C)C)[nH]c1=O. The van der Waals surface area contributed by atoms with Gasteiger partial charge < -0.3 is 9.88 Å². The zero-order valence-electron chi connectivity index (χ0n) is 12.9. The number of aromatic nitrogens is 2. The van der Waals surface area contributed by atoms with E-state index in [-0.39, 0.29) is 29.0 Å². The second kappa shape index (κ2) is 6.70. The van der Waals surface area contributed by atoms with Gasteiger partial charge in [-0.1, -0.05) is 45.8 Å². The van der Waals surface area contributed by atoms with Crippen molar-refractivity contribution < 1.29 is 4.79 Å². The number of hydrogen-bond donors (Lipinski definition) is 1. The Labute approximate surface area is 125 Å². The van der Waals surface area contributed by atoms with Crippen molar-refractivity contribution in [2.24, 2.45) is 0 Å². The molecule has 0 fully saturated rings. The van der Waals surface area contributed by atoms with Gasteiger partial charge in [0.05, 0.1) is 6.04 Å². The number of nitrogens with zero attached hydrogens (tertiary/aromatic N) is 2. The number of carbonyl (C=O) groups excluding carboxylic acids is 1. The molecule has 1 aromatic rings. The highest BCUT2D eigenvalue weighted by atomic mass is 16.2. The highest BCUT2D eigenvalue weighted by Crippen LogP contribution is 2.18. The third kappa shape index (κ3) is 3.40. The zero-order valence-corrected chi connectivity index (χ0v) is 12.9. The Morgan fingerprint density at radius 3 is 2.90 bits per heavy atom. The standard InChI is InChI=1S/C16H23N3O2/c1-4-5-7-12-8-6-9-19(12)16(21)13-10-17-14(11(2)3)18-15(13)20/h6,8,10-12H,4-5,7,9H2,1-3H3,(H,17,18,20)/t12-/m0/s1. The fourth-order valence-corrected chi connectivity index (χ4v) is 2.48. The molecule has 0 radical (unpaired) electrons. The third-order valence-corrected chi connectivity index (χ3v) is 3.77. The molecule has 1 aliphatic heterocycles. The lowest BCUT2D eigenvalue weighted by molar-refractivity contribution is 0.0741. The molecule has 2 rings (SSSR count). The number of rotatable bonds is 5. The van der Waals surface area contributed by atoms with Gasteiger partial charge in [0.25, 0.3) is 11.5 Å². The molecule has 0 aliphatic carbocycles. The Morgan fingerprint density at radius 1 is 1.52 bits per heavy atom. The predicted octanol–water partition coefficient (Wildman–Crippen LogP) is 2.46. The molecule has 0 saturated carbocycles. The van der Waals surface area contributed by atoms with Gasteiger partial charge in [-0.15, -0.1) is 0 Å². The smallest absolute Gasteiger partial charge is 0.263 e. The predicted molar refractivity (Wildman–Crippen MR) is 82.4 cm³/mol. The molecule has 1 N–H and O–H groups in total. The number of aromatic amines is 1. The largest absolute Gasteiger partial charge is 0.328 e. The van der Waals surface area contributed by atoms with E-state index in [1.165, 1.54) is 6.20 Å². The Bertz CT molecular complexity index is 589. The van der Waals surface area contributed by atoms with E-state index in [1.54, 1.807) is 4.90 Å². The first-order valence-corrected chi connectivity index (χ1v) is 7.61. The van der Waals surface area contributed by atoms with Crippen LogP contribution >= 0.6 is 0 Å². The molecule has 1 aromatic heterocycles. The van der Waals surface area contributed by atoms with Crippen molar-refractivity contribution in [1.29, 1.82) is 0 Å². The lowest BCUT2D eigenvalue weighted by Gasteiger charge is -2.24. The van der Waals surface area contributed by atoms with E-state index in [9.17, 15) is 9.59 Å². The van der Waals surface area contributed by atoms with Crippen molar-refractivity contribution in [3.63, 3.8) is 0 Å². The average Bonchev–Trinajstić information content (AvgIpc) is 2.92. The van der Waals surface area contributed by atoms with Gasteiger partial charge >= 0.3 is 0 Å². The summed E-state index contributed by atoms with van der Waals surface area (Å²) in [6.07, 6.45) is 8.55. The molecule has 0 spiro atoms. The van der Waals surface area contributed by atoms with Crippen LogP contribution in [0.3, 0.4) is 0 Å². The normalized spacial score (nSPS) is 17.7. The van der Waals surface area contributed by atoms with Gasteiger partial charge in [0.15, 0.2) is 0 Å². The van der Waals surface area contributed by atoms with Crippen LogP contribution in [0.5, 0.6) is 0 Å². The first kappa shape index (κ1) is 15.5. The van der Waals surface area contributed by atoms with Crippen LogP contribution in [0.1, 0.15) is 62.1 Å². The van der Waals surface area contributed by atoms with Crippen molar-refractivity contribution >= 4 is 5.91 Å². The minimum Gasteiger partial charge on any atom is -0.328 e. The van der Waals surface area contributed by atoms with Gasteiger partial charge in [0.2, 0.25) is 0 Å². The highest BCUT2D eigenvalue weighted by molar-refractivity contribution is 5.94. The van der Waals surface area contributed by atoms with Crippen molar-refractivity contribution in [2.45, 2.75) is 52.0 Å². The molecule has 0 saturated heterocycles. The van der Waals surface area contributed by atoms with E-state index < -0.39 is 0 Å². The van der Waals surface area contributed by atoms with Crippen LogP contribution in [0.4, 0.5) is 0 Å². The maximum atomic E-state index is 12.5. The summed E-state index contributed by atoms with van der Waals surface area (Å²) in [6, 6.07) is 0.0987. The van der Waals surface area contributed by atoms with Crippen LogP contribution < -0.4 is 5.56 Å². The van der Waals surface area contributed by atoms with Crippen molar-refractivity contribution in [2.75, 3.05) is 6.54 Å². The topological polar surface area (TPSA) is 66.1 Å². The molecule has 0 unspecified atom stereocenters. The fraction of sp³-hybridized carbons (Fsp3) is 0.562. The van der Waals surface area contributed by atoms with Gasteiger partial charge in [-0.05, 0) is 6.42 Å². The molecule has 0 aromatic carbocycles. The minimum atomic E-state index is -0.347. The summed E-state index contributed by atoms with van der Waals surface area (Å²) < 4.78 is 0. The van der Waals surface area contributed by atoms with E-state index in [2.05, 4.69) is 23.0 Å². The Morgan fingerprint density at radius 2 is 2.29 bits per heavy atom. The van der Waals surface area contributed by atoms with Crippen LogP contribution in [0.2, 0.25) is 0 Å². The molecule has 114 valence electrons. The van der Waals surface area contributed by atoms with Crippen molar-refractivity contribution in [1.82, 2.24) is 14.9 Å². The summed E-state index contributed by atoms with van der Waals surface area (Å²) in [7, 11) is 0. The van der Waals surface area contributed by atoms with E-state index in [1.807, 2.05) is 19.9 Å². The second-order valence-corrected chi connectivity index (χ2v) is 5.76. The lowest BCUT2D eigenvalue weighted by Crippen LogP contribution is -2.39. The average molecular weight is 289 g/mol. The number of unbranched alkanes of at least 4 members (excludes halogenated alkanes) is 1. The molecule has 5 heteroatoms. The summed E-state index contributed by atoms with van der Waals surface area (Å²) >= 11 is 0. The van der Waals surface area contributed by atoms with Crippen LogP contribution in [0, 0.1) is 0 Å². The summed E-state index contributed by atoms with van der Waals surface area (Å²) in [5, 5.41) is 0. The Kier molecular flexibility index (Phi) is 4.94. The van der Waals surface area contributed by atoms with E-state index in [4.69, 9.17) is 0 Å². The highest BCUT2D eigenvalue weighted by Gasteiger charge is 2.27. The number of nitrogens with one attached hydrogen (secondary N) is 1. The Balaban J connectivity index is 2.18. The number of amides is 1. The molecule has 21 heavy (non-hydrogen) atoms. The van der Waals surface area contributed by atoms with Crippen LogP contribution in [0.15, 0.2) is 23.1 Å². The van der Waals surface area contributed by atoms with Crippen molar-refractivity contribution in [3.05, 3.63) is 40.1 Å². The molecule has 1 atom stereocenters. The van der Waals surface area contributed by atoms with Gasteiger partial charge in [-0.2, -0.15) is 0 Å². The van der Waals surface area contributed by atoms with Gasteiger partial charge in [0, 0.05) is 18.7 Å². The number of carbonyl (C=O) groups is 1. The maximum absolute atomic E-state index is 12.5. The third-order valence-electron chi connectivity index (χ3n) is 3.77. The molecule has 1 amide bonds. The van der Waals surface area contributed by atoms with Gasteiger partial charge in [-0.3, -0.25) is 9.59 Å². The molecular weight excluding hydrogens is 266 g/mol. The molecule has 5 nitrogen and oxygen atoms in total. The molecule has 1 aliphatic rings. The quantitative estimate of drug-likeness (QED) is 0.847. The van der Waals surface area contributed by atoms with E-state index >= 15 is 0 Å². The van der Waals surface area contributed by atoms with E-state index in [0.29, 0.717) is 12.4 Å². The van der Waals surface area contributed by atoms with Crippen LogP contribution in [-0.2, 0) is 0 Å². The molecule has 0 bridgehead atoms. The first-order valence-electron chi connectivity index (χ1n) is 7.61.